The first kappa shape index (κ1) is 11.5. The minimum Gasteiger partial charge on any atom is -0.481 e. The molecule has 0 spiro atoms. The Morgan fingerprint density at radius 1 is 1.40 bits per heavy atom. The van der Waals surface area contributed by atoms with Crippen LogP contribution in [0.3, 0.4) is 0 Å². The normalized spacial score (nSPS) is 20.7. The summed E-state index contributed by atoms with van der Waals surface area (Å²) >= 11 is 0. The predicted molar refractivity (Wildman–Crippen MR) is 49.2 cm³/mol. The number of nitrogens with zero attached hydrogens (tertiary/aromatic N) is 1. The lowest BCUT2D eigenvalue weighted by molar-refractivity contribution is -0.141. The lowest BCUT2D eigenvalue weighted by Crippen LogP contribution is -2.27. The Hall–Kier alpha value is -1.59. The van der Waals surface area contributed by atoms with E-state index in [0.717, 1.165) is 0 Å². The average molecular weight is 215 g/mol. The molecule has 6 nitrogen and oxygen atoms in total. The molecule has 1 aliphatic rings. The first-order valence-electron chi connectivity index (χ1n) is 4.73. The third-order valence-electron chi connectivity index (χ3n) is 2.38. The van der Waals surface area contributed by atoms with Gasteiger partial charge in [-0.25, -0.2) is 0 Å². The molecular weight excluding hydrogens is 202 g/mol. The van der Waals surface area contributed by atoms with E-state index in [1.54, 1.807) is 0 Å². The van der Waals surface area contributed by atoms with Crippen LogP contribution in [0.4, 0.5) is 0 Å². The molecule has 0 bridgehead atoms. The third kappa shape index (κ3) is 3.23. The van der Waals surface area contributed by atoms with Crippen molar-refractivity contribution in [1.82, 2.24) is 4.90 Å². The Labute approximate surface area is 86.5 Å². The molecule has 0 aromatic heterocycles. The lowest BCUT2D eigenvalue weighted by Gasteiger charge is -2.14. The van der Waals surface area contributed by atoms with Gasteiger partial charge in [0.1, 0.15) is 0 Å². The molecule has 0 saturated carbocycles. The van der Waals surface area contributed by atoms with Crippen molar-refractivity contribution in [3.05, 3.63) is 0 Å². The zero-order chi connectivity index (χ0) is 11.4. The van der Waals surface area contributed by atoms with Crippen LogP contribution in [0.15, 0.2) is 0 Å². The first-order chi connectivity index (χ1) is 7.00. The molecule has 84 valence electrons. The van der Waals surface area contributed by atoms with Crippen LogP contribution in [0.25, 0.3) is 0 Å². The highest BCUT2D eigenvalue weighted by atomic mass is 16.4. The summed E-state index contributed by atoms with van der Waals surface area (Å²) in [6.07, 6.45) is 0.400. The molecule has 1 rings (SSSR count). The van der Waals surface area contributed by atoms with Crippen molar-refractivity contribution in [3.8, 4) is 0 Å². The van der Waals surface area contributed by atoms with Gasteiger partial charge in [-0.2, -0.15) is 0 Å². The molecule has 0 aromatic rings. The van der Waals surface area contributed by atoms with Crippen molar-refractivity contribution >= 4 is 17.8 Å². The van der Waals surface area contributed by atoms with E-state index in [-0.39, 0.29) is 25.3 Å². The van der Waals surface area contributed by atoms with Crippen molar-refractivity contribution in [2.45, 2.75) is 19.3 Å². The number of carboxylic acids is 2. The lowest BCUT2D eigenvalue weighted by atomic mass is 10.1. The van der Waals surface area contributed by atoms with Gasteiger partial charge in [-0.05, 0) is 6.42 Å². The molecular formula is C9H13NO5. The van der Waals surface area contributed by atoms with Crippen LogP contribution in [0.2, 0.25) is 0 Å². The van der Waals surface area contributed by atoms with Crippen LogP contribution in [0, 0.1) is 5.92 Å². The van der Waals surface area contributed by atoms with Crippen molar-refractivity contribution in [2.75, 3.05) is 13.1 Å². The molecule has 1 saturated heterocycles. The molecule has 1 amide bonds. The summed E-state index contributed by atoms with van der Waals surface area (Å²) in [6.45, 7) is 0.530. The van der Waals surface area contributed by atoms with Crippen LogP contribution >= 0.6 is 0 Å². The maximum atomic E-state index is 11.3. The molecule has 1 unspecified atom stereocenters. The van der Waals surface area contributed by atoms with Crippen LogP contribution in [0.5, 0.6) is 0 Å². The van der Waals surface area contributed by atoms with E-state index in [1.165, 1.54) is 4.90 Å². The SMILES string of the molecule is O=C(O)CCCN1CC(C(=O)O)CC1=O. The summed E-state index contributed by atoms with van der Waals surface area (Å²) in [5, 5.41) is 17.1. The maximum absolute atomic E-state index is 11.3. The zero-order valence-electron chi connectivity index (χ0n) is 8.18. The molecule has 15 heavy (non-hydrogen) atoms. The van der Waals surface area contributed by atoms with Crippen molar-refractivity contribution in [3.63, 3.8) is 0 Å². The minimum atomic E-state index is -0.968. The standard InChI is InChI=1S/C9H13NO5/c11-7-4-6(9(14)15)5-10(7)3-1-2-8(12)13/h6H,1-5H2,(H,12,13)(H,14,15). The number of rotatable bonds is 5. The largest absolute Gasteiger partial charge is 0.481 e. The number of carboxylic acid groups (broad SMARTS) is 2. The number of likely N-dealkylation sites (tertiary alicyclic amines) is 1. The molecule has 1 atom stereocenters. The topological polar surface area (TPSA) is 94.9 Å². The molecule has 0 radical (unpaired) electrons. The van der Waals surface area contributed by atoms with Gasteiger partial charge in [0.05, 0.1) is 5.92 Å². The van der Waals surface area contributed by atoms with E-state index < -0.39 is 17.9 Å². The highest BCUT2D eigenvalue weighted by molar-refractivity contribution is 5.86. The van der Waals surface area contributed by atoms with Crippen LogP contribution in [-0.2, 0) is 14.4 Å². The number of hydrogen-bond donors (Lipinski definition) is 2. The fourth-order valence-corrected chi connectivity index (χ4v) is 1.57. The fourth-order valence-electron chi connectivity index (χ4n) is 1.57. The molecule has 1 heterocycles. The van der Waals surface area contributed by atoms with E-state index in [9.17, 15) is 14.4 Å². The Bertz CT molecular complexity index is 288. The second-order valence-electron chi connectivity index (χ2n) is 3.58. The van der Waals surface area contributed by atoms with Gasteiger partial charge in [-0.3, -0.25) is 14.4 Å². The summed E-state index contributed by atoms with van der Waals surface area (Å²) in [4.78, 5) is 33.5. The van der Waals surface area contributed by atoms with Gasteiger partial charge in [0, 0.05) is 25.9 Å². The summed E-state index contributed by atoms with van der Waals surface area (Å²) in [5.41, 5.74) is 0. The summed E-state index contributed by atoms with van der Waals surface area (Å²) in [5.74, 6) is -2.71. The maximum Gasteiger partial charge on any atom is 0.308 e. The van der Waals surface area contributed by atoms with Gasteiger partial charge < -0.3 is 15.1 Å². The molecule has 6 heteroatoms. The van der Waals surface area contributed by atoms with Gasteiger partial charge in [-0.15, -0.1) is 0 Å². The Balaban J connectivity index is 2.34. The molecule has 2 N–H and O–H groups in total. The van der Waals surface area contributed by atoms with Gasteiger partial charge in [0.2, 0.25) is 5.91 Å². The number of amides is 1. The van der Waals surface area contributed by atoms with Gasteiger partial charge in [0.25, 0.3) is 0 Å². The number of aliphatic carboxylic acids is 2. The predicted octanol–water partition coefficient (Wildman–Crippen LogP) is -0.216. The Morgan fingerprint density at radius 3 is 2.53 bits per heavy atom. The van der Waals surface area contributed by atoms with E-state index in [2.05, 4.69) is 0 Å². The van der Waals surface area contributed by atoms with Gasteiger partial charge >= 0.3 is 11.9 Å². The second-order valence-corrected chi connectivity index (χ2v) is 3.58. The van der Waals surface area contributed by atoms with Gasteiger partial charge in [0.15, 0.2) is 0 Å². The number of carbonyl (C=O) groups excluding carboxylic acids is 1. The Morgan fingerprint density at radius 2 is 2.07 bits per heavy atom. The zero-order valence-corrected chi connectivity index (χ0v) is 8.18. The first-order valence-corrected chi connectivity index (χ1v) is 4.73. The van der Waals surface area contributed by atoms with Gasteiger partial charge in [-0.1, -0.05) is 0 Å². The molecule has 0 aromatic carbocycles. The smallest absolute Gasteiger partial charge is 0.308 e. The van der Waals surface area contributed by atoms with E-state index in [4.69, 9.17) is 10.2 Å². The van der Waals surface area contributed by atoms with Crippen LogP contribution < -0.4 is 0 Å². The number of hydrogen-bond acceptors (Lipinski definition) is 3. The van der Waals surface area contributed by atoms with E-state index >= 15 is 0 Å². The molecule has 1 aliphatic heterocycles. The summed E-state index contributed by atoms with van der Waals surface area (Å²) in [7, 11) is 0. The number of carbonyl (C=O) groups is 3. The highest BCUT2D eigenvalue weighted by Gasteiger charge is 2.33. The van der Waals surface area contributed by atoms with Crippen molar-refractivity contribution in [1.29, 1.82) is 0 Å². The van der Waals surface area contributed by atoms with Crippen molar-refractivity contribution in [2.24, 2.45) is 5.92 Å². The van der Waals surface area contributed by atoms with Crippen LogP contribution in [0.1, 0.15) is 19.3 Å². The minimum absolute atomic E-state index is 0.00151. The second kappa shape index (κ2) is 4.77. The van der Waals surface area contributed by atoms with Crippen molar-refractivity contribution < 1.29 is 24.6 Å². The average Bonchev–Trinajstić information content (AvgIpc) is 2.47. The highest BCUT2D eigenvalue weighted by Crippen LogP contribution is 2.18. The van der Waals surface area contributed by atoms with E-state index in [0.29, 0.717) is 13.0 Å². The fraction of sp³-hybridized carbons (Fsp3) is 0.667. The van der Waals surface area contributed by atoms with Crippen LogP contribution in [-0.4, -0.2) is 46.0 Å². The molecule has 0 aliphatic carbocycles. The third-order valence-corrected chi connectivity index (χ3v) is 2.38. The monoisotopic (exact) mass is 215 g/mol. The molecule has 1 fully saturated rings. The van der Waals surface area contributed by atoms with E-state index in [1.807, 2.05) is 0 Å². The quantitative estimate of drug-likeness (QED) is 0.661. The Kier molecular flexibility index (Phi) is 3.65. The summed E-state index contributed by atoms with van der Waals surface area (Å²) in [6, 6.07) is 0. The summed E-state index contributed by atoms with van der Waals surface area (Å²) < 4.78 is 0.